The largest absolute Gasteiger partial charge is 0.478 e. The van der Waals surface area contributed by atoms with E-state index in [2.05, 4.69) is 9.88 Å². The number of carbonyl (C=O) groups is 1. The summed E-state index contributed by atoms with van der Waals surface area (Å²) < 4.78 is 1.88. The standard InChI is InChI=1S/C14H17N3O2/c18-14(19)11-3-8-17-10-12(15-13(17)9-11)4-7-16-5-1-2-6-16/h3,8-10H,1-2,4-7H2,(H,18,19). The minimum absolute atomic E-state index is 0.282. The third-order valence-corrected chi connectivity index (χ3v) is 3.64. The number of hydrogen-bond donors (Lipinski definition) is 1. The molecule has 1 aliphatic rings. The maximum atomic E-state index is 10.9. The van der Waals surface area contributed by atoms with E-state index in [1.165, 1.54) is 25.9 Å². The van der Waals surface area contributed by atoms with E-state index in [1.807, 2.05) is 10.6 Å². The van der Waals surface area contributed by atoms with Crippen LogP contribution in [0.15, 0.2) is 24.5 Å². The molecule has 1 aliphatic heterocycles. The number of aromatic nitrogens is 2. The van der Waals surface area contributed by atoms with Crippen molar-refractivity contribution in [3.8, 4) is 0 Å². The molecule has 0 radical (unpaired) electrons. The van der Waals surface area contributed by atoms with Gasteiger partial charge in [0.2, 0.25) is 0 Å². The Labute approximate surface area is 111 Å². The van der Waals surface area contributed by atoms with Crippen molar-refractivity contribution in [3.05, 3.63) is 35.8 Å². The molecule has 100 valence electrons. The van der Waals surface area contributed by atoms with Crippen molar-refractivity contribution >= 4 is 11.6 Å². The summed E-state index contributed by atoms with van der Waals surface area (Å²) in [6.07, 6.45) is 7.26. The molecule has 0 aromatic carbocycles. The number of likely N-dealkylation sites (tertiary alicyclic amines) is 1. The number of nitrogens with zero attached hydrogens (tertiary/aromatic N) is 3. The predicted molar refractivity (Wildman–Crippen MR) is 71.5 cm³/mol. The van der Waals surface area contributed by atoms with Gasteiger partial charge in [-0.25, -0.2) is 9.78 Å². The van der Waals surface area contributed by atoms with Crippen LogP contribution >= 0.6 is 0 Å². The highest BCUT2D eigenvalue weighted by Crippen LogP contribution is 2.11. The maximum absolute atomic E-state index is 10.9. The molecule has 2 aromatic heterocycles. The van der Waals surface area contributed by atoms with E-state index < -0.39 is 5.97 Å². The zero-order chi connectivity index (χ0) is 13.2. The highest BCUT2D eigenvalue weighted by molar-refractivity contribution is 5.88. The second-order valence-corrected chi connectivity index (χ2v) is 5.02. The summed E-state index contributed by atoms with van der Waals surface area (Å²) in [4.78, 5) is 17.8. The molecular formula is C14H17N3O2. The smallest absolute Gasteiger partial charge is 0.335 e. The normalized spacial score (nSPS) is 16.2. The lowest BCUT2D eigenvalue weighted by atomic mass is 10.3. The predicted octanol–water partition coefficient (Wildman–Crippen LogP) is 1.67. The average Bonchev–Trinajstić information content (AvgIpc) is 3.04. The molecule has 0 unspecified atom stereocenters. The number of fused-ring (bicyclic) bond motifs is 1. The first-order valence-corrected chi connectivity index (χ1v) is 6.66. The van der Waals surface area contributed by atoms with Crippen LogP contribution in [0.5, 0.6) is 0 Å². The number of aromatic carboxylic acids is 1. The van der Waals surface area contributed by atoms with E-state index in [1.54, 1.807) is 18.3 Å². The maximum Gasteiger partial charge on any atom is 0.335 e. The zero-order valence-electron chi connectivity index (χ0n) is 10.7. The van der Waals surface area contributed by atoms with Crippen molar-refractivity contribution in [2.45, 2.75) is 19.3 Å². The Kier molecular flexibility index (Phi) is 3.21. The molecule has 1 fully saturated rings. The summed E-state index contributed by atoms with van der Waals surface area (Å²) in [6, 6.07) is 3.21. The summed E-state index contributed by atoms with van der Waals surface area (Å²) >= 11 is 0. The number of hydrogen-bond acceptors (Lipinski definition) is 3. The highest BCUT2D eigenvalue weighted by Gasteiger charge is 2.12. The van der Waals surface area contributed by atoms with Crippen molar-refractivity contribution in [2.75, 3.05) is 19.6 Å². The van der Waals surface area contributed by atoms with Gasteiger partial charge in [-0.1, -0.05) is 0 Å². The van der Waals surface area contributed by atoms with E-state index in [-0.39, 0.29) is 5.56 Å². The van der Waals surface area contributed by atoms with Gasteiger partial charge in [0.05, 0.1) is 11.3 Å². The van der Waals surface area contributed by atoms with E-state index in [9.17, 15) is 4.79 Å². The van der Waals surface area contributed by atoms with Gasteiger partial charge in [-0.3, -0.25) is 0 Å². The molecule has 5 nitrogen and oxygen atoms in total. The number of rotatable bonds is 4. The van der Waals surface area contributed by atoms with E-state index in [4.69, 9.17) is 5.11 Å². The minimum atomic E-state index is -0.913. The fraction of sp³-hybridized carbons (Fsp3) is 0.429. The van der Waals surface area contributed by atoms with Gasteiger partial charge in [-0.15, -0.1) is 0 Å². The van der Waals surface area contributed by atoms with Gasteiger partial charge in [0, 0.05) is 25.4 Å². The van der Waals surface area contributed by atoms with Crippen molar-refractivity contribution < 1.29 is 9.90 Å². The van der Waals surface area contributed by atoms with Gasteiger partial charge >= 0.3 is 5.97 Å². The SMILES string of the molecule is O=C(O)c1ccn2cc(CCN3CCCC3)nc2c1. The Balaban J connectivity index is 1.75. The molecule has 1 saturated heterocycles. The summed E-state index contributed by atoms with van der Waals surface area (Å²) in [6.45, 7) is 3.42. The molecule has 0 atom stereocenters. The van der Waals surface area contributed by atoms with Crippen LogP contribution in [0.3, 0.4) is 0 Å². The molecule has 1 N–H and O–H groups in total. The number of imidazole rings is 1. The molecule has 19 heavy (non-hydrogen) atoms. The third-order valence-electron chi connectivity index (χ3n) is 3.64. The highest BCUT2D eigenvalue weighted by atomic mass is 16.4. The third kappa shape index (κ3) is 2.61. The van der Waals surface area contributed by atoms with Crippen molar-refractivity contribution in [3.63, 3.8) is 0 Å². The van der Waals surface area contributed by atoms with Crippen molar-refractivity contribution in [1.82, 2.24) is 14.3 Å². The summed E-state index contributed by atoms with van der Waals surface area (Å²) in [5.41, 5.74) is 2.01. The van der Waals surface area contributed by atoms with Gasteiger partial charge in [-0.05, 0) is 38.1 Å². The molecule has 3 heterocycles. The fourth-order valence-corrected chi connectivity index (χ4v) is 2.57. The Morgan fingerprint density at radius 2 is 2.16 bits per heavy atom. The summed E-state index contributed by atoms with van der Waals surface area (Å²) in [5, 5.41) is 8.95. The van der Waals surface area contributed by atoms with E-state index in [0.29, 0.717) is 5.65 Å². The molecule has 0 amide bonds. The van der Waals surface area contributed by atoms with Crippen LogP contribution in [0.25, 0.3) is 5.65 Å². The van der Waals surface area contributed by atoms with Gasteiger partial charge in [0.15, 0.2) is 0 Å². The van der Waals surface area contributed by atoms with E-state index >= 15 is 0 Å². The number of pyridine rings is 1. The van der Waals surface area contributed by atoms with Crippen LogP contribution in [0.1, 0.15) is 28.9 Å². The Bertz CT molecular complexity index is 600. The van der Waals surface area contributed by atoms with Crippen molar-refractivity contribution in [1.29, 1.82) is 0 Å². The first-order chi connectivity index (χ1) is 9.22. The van der Waals surface area contributed by atoms with Crippen molar-refractivity contribution in [2.24, 2.45) is 0 Å². The van der Waals surface area contributed by atoms with Gasteiger partial charge in [0.1, 0.15) is 5.65 Å². The van der Waals surface area contributed by atoms with Crippen LogP contribution < -0.4 is 0 Å². The molecule has 0 bridgehead atoms. The second kappa shape index (κ2) is 5.01. The summed E-state index contributed by atoms with van der Waals surface area (Å²) in [5.74, 6) is -0.913. The lowest BCUT2D eigenvalue weighted by Crippen LogP contribution is -2.21. The van der Waals surface area contributed by atoms with Crippen LogP contribution in [-0.4, -0.2) is 45.0 Å². The molecule has 2 aromatic rings. The van der Waals surface area contributed by atoms with Gasteiger partial charge < -0.3 is 14.4 Å². The number of carboxylic acid groups (broad SMARTS) is 1. The Hall–Kier alpha value is -1.88. The second-order valence-electron chi connectivity index (χ2n) is 5.02. The molecule has 5 heteroatoms. The lowest BCUT2D eigenvalue weighted by molar-refractivity contribution is 0.0697. The lowest BCUT2D eigenvalue weighted by Gasteiger charge is -2.12. The Morgan fingerprint density at radius 1 is 1.37 bits per heavy atom. The van der Waals surface area contributed by atoms with Gasteiger partial charge in [-0.2, -0.15) is 0 Å². The Morgan fingerprint density at radius 3 is 2.89 bits per heavy atom. The van der Waals surface area contributed by atoms with Crippen LogP contribution in [0.4, 0.5) is 0 Å². The molecule has 0 aliphatic carbocycles. The topological polar surface area (TPSA) is 57.8 Å². The summed E-state index contributed by atoms with van der Waals surface area (Å²) in [7, 11) is 0. The van der Waals surface area contributed by atoms with Gasteiger partial charge in [0.25, 0.3) is 0 Å². The average molecular weight is 259 g/mol. The molecular weight excluding hydrogens is 242 g/mol. The monoisotopic (exact) mass is 259 g/mol. The first kappa shape index (κ1) is 12.2. The number of carboxylic acids is 1. The molecule has 3 rings (SSSR count). The minimum Gasteiger partial charge on any atom is -0.478 e. The van der Waals surface area contributed by atoms with Crippen LogP contribution in [0, 0.1) is 0 Å². The fourth-order valence-electron chi connectivity index (χ4n) is 2.57. The van der Waals surface area contributed by atoms with Crippen LogP contribution in [0.2, 0.25) is 0 Å². The molecule has 0 saturated carbocycles. The quantitative estimate of drug-likeness (QED) is 0.907. The molecule has 0 spiro atoms. The zero-order valence-corrected chi connectivity index (χ0v) is 10.7. The van der Waals surface area contributed by atoms with E-state index in [0.717, 1.165) is 18.7 Å². The first-order valence-electron chi connectivity index (χ1n) is 6.66. The van der Waals surface area contributed by atoms with Crippen LogP contribution in [-0.2, 0) is 6.42 Å².